The predicted molar refractivity (Wildman–Crippen MR) is 68.1 cm³/mol. The van der Waals surface area contributed by atoms with Crippen molar-refractivity contribution in [3.63, 3.8) is 0 Å². The molecule has 0 fully saturated rings. The van der Waals surface area contributed by atoms with Crippen molar-refractivity contribution in [1.29, 1.82) is 5.41 Å². The SMILES string of the molecule is CS(=O)(=O)O.N=C(N)N(C(=O)c1ccccc1)C(F)(F)F. The molecule has 21 heavy (non-hydrogen) atoms. The van der Waals surface area contributed by atoms with Crippen molar-refractivity contribution in [1.82, 2.24) is 4.90 Å². The largest absolute Gasteiger partial charge is 0.494 e. The summed E-state index contributed by atoms with van der Waals surface area (Å²) >= 11 is 0. The minimum Gasteiger partial charge on any atom is -0.369 e. The van der Waals surface area contributed by atoms with Gasteiger partial charge in [-0.1, -0.05) is 18.2 Å². The number of halogens is 3. The summed E-state index contributed by atoms with van der Waals surface area (Å²) in [5, 5.41) is 6.75. The van der Waals surface area contributed by atoms with Gasteiger partial charge in [-0.15, -0.1) is 13.2 Å². The van der Waals surface area contributed by atoms with Gasteiger partial charge >= 0.3 is 6.30 Å². The molecule has 0 aromatic heterocycles. The van der Waals surface area contributed by atoms with Crippen LogP contribution >= 0.6 is 0 Å². The minimum atomic E-state index is -5.00. The normalized spacial score (nSPS) is 11.1. The van der Waals surface area contributed by atoms with Gasteiger partial charge in [0.05, 0.1) is 6.26 Å². The maximum atomic E-state index is 12.4. The van der Waals surface area contributed by atoms with Gasteiger partial charge in [-0.2, -0.15) is 13.3 Å². The molecule has 1 amide bonds. The molecule has 118 valence electrons. The van der Waals surface area contributed by atoms with Gasteiger partial charge in [0.25, 0.3) is 16.0 Å². The molecule has 0 spiro atoms. The molecular formula is C10H12F3N3O4S. The zero-order valence-corrected chi connectivity index (χ0v) is 11.4. The highest BCUT2D eigenvalue weighted by Crippen LogP contribution is 2.22. The fourth-order valence-corrected chi connectivity index (χ4v) is 1.07. The van der Waals surface area contributed by atoms with Crippen LogP contribution in [0.15, 0.2) is 30.3 Å². The molecule has 4 N–H and O–H groups in total. The van der Waals surface area contributed by atoms with Gasteiger partial charge in [0.1, 0.15) is 0 Å². The number of nitrogens with two attached hydrogens (primary N) is 1. The lowest BCUT2D eigenvalue weighted by atomic mass is 10.2. The van der Waals surface area contributed by atoms with Gasteiger partial charge in [-0.05, 0) is 12.1 Å². The van der Waals surface area contributed by atoms with Crippen LogP contribution in [0.25, 0.3) is 0 Å². The second kappa shape index (κ2) is 7.04. The molecular weight excluding hydrogens is 315 g/mol. The first-order valence-electron chi connectivity index (χ1n) is 5.07. The quantitative estimate of drug-likeness (QED) is 0.308. The third-order valence-electron chi connectivity index (χ3n) is 1.72. The number of amides is 1. The van der Waals surface area contributed by atoms with Crippen molar-refractivity contribution in [2.45, 2.75) is 6.30 Å². The topological polar surface area (TPSA) is 125 Å². The van der Waals surface area contributed by atoms with E-state index in [0.29, 0.717) is 6.26 Å². The van der Waals surface area contributed by atoms with Crippen LogP contribution in [-0.4, -0.2) is 42.3 Å². The van der Waals surface area contributed by atoms with Crippen LogP contribution < -0.4 is 5.73 Å². The second-order valence-electron chi connectivity index (χ2n) is 3.59. The van der Waals surface area contributed by atoms with Crippen LogP contribution in [0.3, 0.4) is 0 Å². The van der Waals surface area contributed by atoms with E-state index in [1.54, 1.807) is 6.07 Å². The van der Waals surface area contributed by atoms with Crippen LogP contribution in [0.1, 0.15) is 10.4 Å². The van der Waals surface area contributed by atoms with Crippen molar-refractivity contribution in [3.8, 4) is 0 Å². The van der Waals surface area contributed by atoms with E-state index in [9.17, 15) is 26.4 Å². The molecule has 11 heteroatoms. The smallest absolute Gasteiger partial charge is 0.369 e. The molecule has 7 nitrogen and oxygen atoms in total. The first kappa shape index (κ1) is 18.9. The summed E-state index contributed by atoms with van der Waals surface area (Å²) in [4.78, 5) is 10.7. The number of carbonyl (C=O) groups is 1. The molecule has 0 aliphatic carbocycles. The lowest BCUT2D eigenvalue weighted by Crippen LogP contribution is -2.50. The number of guanidine groups is 1. The number of nitrogens with one attached hydrogen (secondary N) is 1. The van der Waals surface area contributed by atoms with Crippen molar-refractivity contribution in [2.24, 2.45) is 5.73 Å². The average molecular weight is 327 g/mol. The predicted octanol–water partition coefficient (Wildman–Crippen LogP) is 1.05. The molecule has 0 radical (unpaired) electrons. The number of hydrogen-bond acceptors (Lipinski definition) is 4. The molecule has 0 unspecified atom stereocenters. The van der Waals surface area contributed by atoms with Crippen LogP contribution in [-0.2, 0) is 10.1 Å². The number of alkyl halides is 3. The zero-order chi connectivity index (χ0) is 16.8. The Bertz CT molecular complexity index is 594. The molecule has 0 bridgehead atoms. The Balaban J connectivity index is 0.000000690. The van der Waals surface area contributed by atoms with Crippen molar-refractivity contribution < 1.29 is 30.9 Å². The Morgan fingerprint density at radius 1 is 1.29 bits per heavy atom. The van der Waals surface area contributed by atoms with Gasteiger partial charge in [0.2, 0.25) is 5.96 Å². The number of rotatable bonds is 1. The minimum absolute atomic E-state index is 0.185. The van der Waals surface area contributed by atoms with Gasteiger partial charge in [0.15, 0.2) is 0 Å². The highest BCUT2D eigenvalue weighted by atomic mass is 32.2. The van der Waals surface area contributed by atoms with Crippen molar-refractivity contribution in [3.05, 3.63) is 35.9 Å². The molecule has 1 aromatic carbocycles. The van der Waals surface area contributed by atoms with E-state index in [4.69, 9.17) is 15.7 Å². The van der Waals surface area contributed by atoms with E-state index in [1.807, 2.05) is 0 Å². The van der Waals surface area contributed by atoms with E-state index in [1.165, 1.54) is 24.3 Å². The number of carbonyl (C=O) groups excluding carboxylic acids is 1. The maximum absolute atomic E-state index is 12.4. The zero-order valence-electron chi connectivity index (χ0n) is 10.6. The lowest BCUT2D eigenvalue weighted by molar-refractivity contribution is -0.200. The highest BCUT2D eigenvalue weighted by Gasteiger charge is 2.43. The highest BCUT2D eigenvalue weighted by molar-refractivity contribution is 7.85. The van der Waals surface area contributed by atoms with Crippen molar-refractivity contribution in [2.75, 3.05) is 6.26 Å². The van der Waals surface area contributed by atoms with Crippen LogP contribution in [0.4, 0.5) is 13.2 Å². The van der Waals surface area contributed by atoms with E-state index in [2.05, 4.69) is 0 Å². The summed E-state index contributed by atoms with van der Waals surface area (Å²) in [6, 6.07) is 6.82. The number of hydrogen-bond donors (Lipinski definition) is 3. The Kier molecular flexibility index (Phi) is 6.32. The second-order valence-corrected chi connectivity index (χ2v) is 5.06. The van der Waals surface area contributed by atoms with E-state index < -0.39 is 33.2 Å². The van der Waals surface area contributed by atoms with Gasteiger partial charge in [0, 0.05) is 5.56 Å². The third-order valence-corrected chi connectivity index (χ3v) is 1.72. The van der Waals surface area contributed by atoms with Gasteiger partial charge in [-0.3, -0.25) is 14.8 Å². The van der Waals surface area contributed by atoms with E-state index >= 15 is 0 Å². The molecule has 0 aliphatic heterocycles. The monoisotopic (exact) mass is 327 g/mol. The van der Waals surface area contributed by atoms with Crippen LogP contribution in [0, 0.1) is 5.41 Å². The van der Waals surface area contributed by atoms with Crippen molar-refractivity contribution >= 4 is 22.0 Å². The molecule has 0 saturated carbocycles. The molecule has 0 atom stereocenters. The summed E-state index contributed by atoms with van der Waals surface area (Å²) in [6.07, 6.45) is -4.29. The Morgan fingerprint density at radius 3 is 1.95 bits per heavy atom. The lowest BCUT2D eigenvalue weighted by Gasteiger charge is -2.22. The van der Waals surface area contributed by atoms with Gasteiger partial charge < -0.3 is 5.73 Å². The summed E-state index contributed by atoms with van der Waals surface area (Å²) in [7, 11) is -3.67. The first-order chi connectivity index (χ1) is 9.34. The fourth-order valence-electron chi connectivity index (χ4n) is 1.07. The van der Waals surface area contributed by atoms with Crippen LogP contribution in [0.5, 0.6) is 0 Å². The summed E-state index contributed by atoms with van der Waals surface area (Å²) in [5.74, 6) is -2.73. The fraction of sp³-hybridized carbons (Fsp3) is 0.200. The third kappa shape index (κ3) is 7.89. The van der Waals surface area contributed by atoms with Gasteiger partial charge in [-0.25, -0.2) is 0 Å². The van der Waals surface area contributed by atoms with E-state index in [-0.39, 0.29) is 5.56 Å². The molecule has 0 aliphatic rings. The molecule has 1 aromatic rings. The summed E-state index contributed by atoms with van der Waals surface area (Å²) < 4.78 is 63.0. The van der Waals surface area contributed by atoms with E-state index in [0.717, 1.165) is 0 Å². The standard InChI is InChI=1S/C9H8F3N3O.CH4O3S/c10-9(11,12)15(8(13)14)7(16)6-4-2-1-3-5-6;1-5(2,3)4/h1-5H,(H3,13,14);1H3,(H,2,3,4). The molecule has 1 rings (SSSR count). The Labute approximate surface area is 118 Å². The number of nitrogens with zero attached hydrogens (tertiary/aromatic N) is 1. The summed E-state index contributed by atoms with van der Waals surface area (Å²) in [5.41, 5.74) is 4.54. The Morgan fingerprint density at radius 2 is 1.67 bits per heavy atom. The van der Waals surface area contributed by atoms with Crippen LogP contribution in [0.2, 0.25) is 0 Å². The number of benzene rings is 1. The Hall–Kier alpha value is -2.14. The first-order valence-corrected chi connectivity index (χ1v) is 6.91. The molecule has 0 heterocycles. The summed E-state index contributed by atoms with van der Waals surface area (Å²) in [6.45, 7) is 0. The molecule has 0 saturated heterocycles. The average Bonchev–Trinajstić information content (AvgIpc) is 2.25. The maximum Gasteiger partial charge on any atom is 0.494 e.